The summed E-state index contributed by atoms with van der Waals surface area (Å²) >= 11 is 0. The summed E-state index contributed by atoms with van der Waals surface area (Å²) < 4.78 is 5.03. The zero-order chi connectivity index (χ0) is 15.5. The number of hydrogen-bond acceptors (Lipinski definition) is 2. The van der Waals surface area contributed by atoms with Gasteiger partial charge in [-0.05, 0) is 43.2 Å². The van der Waals surface area contributed by atoms with Gasteiger partial charge in [-0.3, -0.25) is 4.99 Å². The van der Waals surface area contributed by atoms with Crippen LogP contribution in [0.25, 0.3) is 0 Å². The molecule has 1 aromatic carbocycles. The van der Waals surface area contributed by atoms with Crippen molar-refractivity contribution in [1.82, 2.24) is 0 Å². The highest BCUT2D eigenvalue weighted by Crippen LogP contribution is 2.22. The number of halogens is 1. The van der Waals surface area contributed by atoms with Crippen molar-refractivity contribution >= 4 is 35.6 Å². The van der Waals surface area contributed by atoms with Crippen LogP contribution in [0.3, 0.4) is 0 Å². The molecule has 5 heteroatoms. The van der Waals surface area contributed by atoms with Gasteiger partial charge in [0.05, 0.1) is 0 Å². The molecule has 0 aromatic heterocycles. The first-order chi connectivity index (χ1) is 10.2. The van der Waals surface area contributed by atoms with Gasteiger partial charge in [0.25, 0.3) is 0 Å². The lowest BCUT2D eigenvalue weighted by Gasteiger charge is -2.14. The van der Waals surface area contributed by atoms with E-state index in [9.17, 15) is 0 Å². The molecule has 0 bridgehead atoms. The highest BCUT2D eigenvalue weighted by Gasteiger charge is 2.06. The molecule has 1 rings (SSSR count). The van der Waals surface area contributed by atoms with Crippen LogP contribution in [0.4, 0.5) is 5.69 Å². The number of ether oxygens (including phenoxy) is 1. The monoisotopic (exact) mass is 419 g/mol. The van der Waals surface area contributed by atoms with Crippen LogP contribution in [0.15, 0.2) is 23.2 Å². The van der Waals surface area contributed by atoms with Crippen LogP contribution in [0.1, 0.15) is 44.2 Å². The Balaban J connectivity index is 0.00000441. The second-order valence-corrected chi connectivity index (χ2v) is 5.10. The van der Waals surface area contributed by atoms with Crippen LogP contribution in [-0.2, 0) is 17.6 Å². The van der Waals surface area contributed by atoms with E-state index in [2.05, 4.69) is 42.4 Å². The Bertz CT molecular complexity index is 427. The number of nitrogens with one attached hydrogen (secondary N) is 1. The fraction of sp³-hybridized carbons (Fsp3) is 0.588. The van der Waals surface area contributed by atoms with Crippen molar-refractivity contribution in [3.63, 3.8) is 0 Å². The number of nitrogens with zero attached hydrogens (tertiary/aromatic N) is 1. The second kappa shape index (κ2) is 12.7. The molecule has 0 heterocycles. The van der Waals surface area contributed by atoms with Crippen LogP contribution in [0.5, 0.6) is 0 Å². The number of anilines is 1. The van der Waals surface area contributed by atoms with Crippen LogP contribution in [-0.4, -0.2) is 26.2 Å². The molecular weight excluding hydrogens is 389 g/mol. The van der Waals surface area contributed by atoms with Gasteiger partial charge in [0.2, 0.25) is 0 Å². The minimum atomic E-state index is 0. The molecule has 0 aliphatic heterocycles. The predicted molar refractivity (Wildman–Crippen MR) is 106 cm³/mol. The van der Waals surface area contributed by atoms with E-state index in [1.807, 2.05) is 0 Å². The number of aliphatic imine (C=N–C) groups is 1. The molecule has 3 N–H and O–H groups in total. The third kappa shape index (κ3) is 7.45. The number of para-hydroxylation sites is 1. The van der Waals surface area contributed by atoms with Gasteiger partial charge in [-0.15, -0.1) is 24.0 Å². The number of methoxy groups -OCH3 is 1. The average Bonchev–Trinajstić information content (AvgIpc) is 2.51. The fourth-order valence-corrected chi connectivity index (χ4v) is 2.31. The summed E-state index contributed by atoms with van der Waals surface area (Å²) in [7, 11) is 1.73. The van der Waals surface area contributed by atoms with Gasteiger partial charge in [-0.1, -0.05) is 32.0 Å². The number of benzene rings is 1. The molecule has 0 aliphatic rings. The lowest BCUT2D eigenvalue weighted by molar-refractivity contribution is 0.192. The first kappa shape index (κ1) is 21.2. The van der Waals surface area contributed by atoms with Crippen LogP contribution in [0, 0.1) is 0 Å². The predicted octanol–water partition coefficient (Wildman–Crippen LogP) is 3.97. The molecule has 0 atom stereocenters. The first-order valence-electron chi connectivity index (χ1n) is 7.89. The summed E-state index contributed by atoms with van der Waals surface area (Å²) in [6, 6.07) is 6.38. The summed E-state index contributed by atoms with van der Waals surface area (Å²) in [4.78, 5) is 4.41. The third-order valence-corrected chi connectivity index (χ3v) is 3.54. The summed E-state index contributed by atoms with van der Waals surface area (Å²) in [5.41, 5.74) is 9.71. The Morgan fingerprint density at radius 1 is 1.14 bits per heavy atom. The van der Waals surface area contributed by atoms with E-state index < -0.39 is 0 Å². The number of hydrogen-bond donors (Lipinski definition) is 2. The standard InChI is InChI=1S/C17H29N3O.HI/c1-4-14-10-9-11-15(5-2)16(14)20-17(18)19-12-7-6-8-13-21-3;/h9-11H,4-8,12-13H2,1-3H3,(H3,18,19,20);1H. The Kier molecular flexibility index (Phi) is 12.2. The van der Waals surface area contributed by atoms with Crippen molar-refractivity contribution in [2.24, 2.45) is 10.7 Å². The molecule has 0 amide bonds. The van der Waals surface area contributed by atoms with Crippen molar-refractivity contribution in [3.8, 4) is 0 Å². The topological polar surface area (TPSA) is 59.6 Å². The average molecular weight is 419 g/mol. The van der Waals surface area contributed by atoms with Crippen molar-refractivity contribution in [3.05, 3.63) is 29.3 Å². The van der Waals surface area contributed by atoms with Crippen molar-refractivity contribution in [1.29, 1.82) is 0 Å². The summed E-state index contributed by atoms with van der Waals surface area (Å²) in [6.07, 6.45) is 5.22. The minimum Gasteiger partial charge on any atom is -0.385 e. The van der Waals surface area contributed by atoms with E-state index in [4.69, 9.17) is 10.5 Å². The largest absolute Gasteiger partial charge is 0.385 e. The van der Waals surface area contributed by atoms with E-state index in [-0.39, 0.29) is 24.0 Å². The molecular formula is C17H30IN3O. The molecule has 0 radical (unpaired) electrons. The molecule has 1 aromatic rings. The van der Waals surface area contributed by atoms with Gasteiger partial charge in [-0.2, -0.15) is 0 Å². The number of nitrogens with two attached hydrogens (primary N) is 1. The molecule has 22 heavy (non-hydrogen) atoms. The maximum Gasteiger partial charge on any atom is 0.193 e. The molecule has 0 saturated carbocycles. The molecule has 0 spiro atoms. The maximum atomic E-state index is 6.01. The second-order valence-electron chi connectivity index (χ2n) is 5.10. The Morgan fingerprint density at radius 3 is 2.32 bits per heavy atom. The third-order valence-electron chi connectivity index (χ3n) is 3.54. The van der Waals surface area contributed by atoms with Gasteiger partial charge < -0.3 is 15.8 Å². The number of rotatable bonds is 9. The van der Waals surface area contributed by atoms with Gasteiger partial charge in [0, 0.05) is 25.9 Å². The Morgan fingerprint density at radius 2 is 1.77 bits per heavy atom. The van der Waals surface area contributed by atoms with Crippen molar-refractivity contribution < 1.29 is 4.74 Å². The lowest BCUT2D eigenvalue weighted by atomic mass is 10.0. The zero-order valence-corrected chi connectivity index (χ0v) is 16.4. The van der Waals surface area contributed by atoms with E-state index in [1.165, 1.54) is 11.1 Å². The van der Waals surface area contributed by atoms with Crippen LogP contribution in [0.2, 0.25) is 0 Å². The zero-order valence-electron chi connectivity index (χ0n) is 14.0. The summed E-state index contributed by atoms with van der Waals surface area (Å²) in [5, 5.41) is 3.29. The van der Waals surface area contributed by atoms with Crippen LogP contribution < -0.4 is 11.1 Å². The van der Waals surface area contributed by atoms with E-state index >= 15 is 0 Å². The first-order valence-corrected chi connectivity index (χ1v) is 7.89. The molecule has 0 aliphatic carbocycles. The maximum absolute atomic E-state index is 6.01. The molecule has 0 saturated heterocycles. The van der Waals surface area contributed by atoms with Gasteiger partial charge >= 0.3 is 0 Å². The van der Waals surface area contributed by atoms with Crippen molar-refractivity contribution in [2.75, 3.05) is 25.6 Å². The highest BCUT2D eigenvalue weighted by atomic mass is 127. The summed E-state index contributed by atoms with van der Waals surface area (Å²) in [6.45, 7) is 5.89. The molecule has 0 unspecified atom stereocenters. The quantitative estimate of drug-likeness (QED) is 0.276. The smallest absolute Gasteiger partial charge is 0.193 e. The highest BCUT2D eigenvalue weighted by molar-refractivity contribution is 14.0. The lowest BCUT2D eigenvalue weighted by Crippen LogP contribution is -2.24. The Labute approximate surface area is 151 Å². The number of guanidine groups is 1. The van der Waals surface area contributed by atoms with Crippen LogP contribution >= 0.6 is 24.0 Å². The van der Waals surface area contributed by atoms with Gasteiger partial charge in [0.1, 0.15) is 0 Å². The van der Waals surface area contributed by atoms with E-state index in [1.54, 1.807) is 7.11 Å². The SMILES string of the molecule is CCc1cccc(CC)c1NC(N)=NCCCCCOC.I. The fourth-order valence-electron chi connectivity index (χ4n) is 2.31. The Hall–Kier alpha value is -0.820. The molecule has 4 nitrogen and oxygen atoms in total. The minimum absolute atomic E-state index is 0. The van der Waals surface area contributed by atoms with Crippen molar-refractivity contribution in [2.45, 2.75) is 46.0 Å². The summed E-state index contributed by atoms with van der Waals surface area (Å²) in [5.74, 6) is 0.511. The van der Waals surface area contributed by atoms with E-state index in [0.717, 1.165) is 50.9 Å². The van der Waals surface area contributed by atoms with Gasteiger partial charge in [0.15, 0.2) is 5.96 Å². The van der Waals surface area contributed by atoms with Gasteiger partial charge in [-0.25, -0.2) is 0 Å². The molecule has 0 fully saturated rings. The number of unbranched alkanes of at least 4 members (excludes halogenated alkanes) is 2. The normalized spacial score (nSPS) is 11.1. The molecule has 126 valence electrons. The number of aryl methyl sites for hydroxylation is 2. The van der Waals surface area contributed by atoms with E-state index in [0.29, 0.717) is 5.96 Å².